The highest BCUT2D eigenvalue weighted by molar-refractivity contribution is 7.25. The van der Waals surface area contributed by atoms with Crippen molar-refractivity contribution in [3.05, 3.63) is 150 Å². The number of nitrogens with zero attached hydrogens (tertiary/aromatic N) is 1. The number of fused-ring (bicyclic) bond motifs is 11. The van der Waals surface area contributed by atoms with Crippen molar-refractivity contribution in [3.63, 3.8) is 0 Å². The standard InChI is InChI=1S/C39H27NS/c1-3-11-25(12-4-1)27-19-20-30-28(23-24-36-37(30)33-16-8-10-18-35(33)41-36)31-21-22-32-29-15-7-9-17-34(29)40(39(32)38(27)31)26-13-5-2-6-14-26/h1-18,21-24,27H,19-20H2. The second-order valence-corrected chi connectivity index (χ2v) is 12.3. The van der Waals surface area contributed by atoms with Gasteiger partial charge in [-0.25, -0.2) is 0 Å². The molecule has 0 N–H and O–H groups in total. The van der Waals surface area contributed by atoms with Crippen molar-refractivity contribution in [1.82, 2.24) is 4.57 Å². The zero-order chi connectivity index (χ0) is 26.9. The van der Waals surface area contributed by atoms with Crippen LogP contribution in [0, 0.1) is 0 Å². The summed E-state index contributed by atoms with van der Waals surface area (Å²) >= 11 is 1.92. The number of benzene rings is 6. The van der Waals surface area contributed by atoms with Crippen LogP contribution in [0.5, 0.6) is 0 Å². The normalized spacial score (nSPS) is 14.9. The Bertz CT molecular complexity index is 2250. The maximum atomic E-state index is 2.52. The van der Waals surface area contributed by atoms with Gasteiger partial charge in [0.25, 0.3) is 0 Å². The molecule has 194 valence electrons. The highest BCUT2D eigenvalue weighted by atomic mass is 32.1. The highest BCUT2D eigenvalue weighted by Crippen LogP contribution is 2.50. The molecule has 0 bridgehead atoms. The largest absolute Gasteiger partial charge is 0.309 e. The van der Waals surface area contributed by atoms with E-state index in [0.717, 1.165) is 12.8 Å². The van der Waals surface area contributed by atoms with Crippen LogP contribution in [0.2, 0.25) is 0 Å². The molecule has 6 aromatic carbocycles. The van der Waals surface area contributed by atoms with Crippen LogP contribution in [0.15, 0.2) is 133 Å². The van der Waals surface area contributed by atoms with Crippen molar-refractivity contribution in [3.8, 4) is 16.8 Å². The number of thiophene rings is 1. The lowest BCUT2D eigenvalue weighted by molar-refractivity contribution is 0.730. The molecule has 0 aliphatic heterocycles. The van der Waals surface area contributed by atoms with Crippen molar-refractivity contribution in [2.24, 2.45) is 0 Å². The third-order valence-electron chi connectivity index (χ3n) is 9.06. The van der Waals surface area contributed by atoms with Gasteiger partial charge in [0.05, 0.1) is 11.0 Å². The van der Waals surface area contributed by atoms with Gasteiger partial charge in [0.2, 0.25) is 0 Å². The fraction of sp³-hybridized carbons (Fsp3) is 0.0769. The SMILES string of the molecule is c1ccc(C2CCc3c(ccc4sc5ccccc5c34)-c3ccc4c5ccccc5n(-c5ccccc5)c4c32)cc1. The van der Waals surface area contributed by atoms with Crippen LogP contribution in [0.3, 0.4) is 0 Å². The summed E-state index contributed by atoms with van der Waals surface area (Å²) in [6.45, 7) is 0. The van der Waals surface area contributed by atoms with E-state index in [2.05, 4.69) is 138 Å². The second-order valence-electron chi connectivity index (χ2n) is 11.2. The molecule has 0 fully saturated rings. The molecule has 1 atom stereocenters. The van der Waals surface area contributed by atoms with E-state index in [4.69, 9.17) is 0 Å². The van der Waals surface area contributed by atoms with Crippen molar-refractivity contribution in [2.75, 3.05) is 0 Å². The fourth-order valence-electron chi connectivity index (χ4n) is 7.37. The third kappa shape index (κ3) is 3.35. The van der Waals surface area contributed by atoms with Crippen molar-refractivity contribution < 1.29 is 0 Å². The first-order valence-corrected chi connectivity index (χ1v) is 15.3. The van der Waals surface area contributed by atoms with Crippen LogP contribution in [0.25, 0.3) is 58.8 Å². The molecule has 0 saturated carbocycles. The molecule has 41 heavy (non-hydrogen) atoms. The van der Waals surface area contributed by atoms with E-state index in [9.17, 15) is 0 Å². The molecule has 2 heterocycles. The quantitative estimate of drug-likeness (QED) is 0.205. The van der Waals surface area contributed by atoms with Crippen LogP contribution >= 0.6 is 11.3 Å². The molecule has 1 aliphatic carbocycles. The molecular formula is C39H27NS. The first-order chi connectivity index (χ1) is 20.4. The Morgan fingerprint density at radius 2 is 1.27 bits per heavy atom. The van der Waals surface area contributed by atoms with Crippen molar-refractivity contribution >= 4 is 53.3 Å². The van der Waals surface area contributed by atoms with Gasteiger partial charge >= 0.3 is 0 Å². The first-order valence-electron chi connectivity index (χ1n) is 14.5. The van der Waals surface area contributed by atoms with Crippen molar-refractivity contribution in [2.45, 2.75) is 18.8 Å². The number of aryl methyl sites for hydroxylation is 1. The maximum Gasteiger partial charge on any atom is 0.0585 e. The Hall–Kier alpha value is -4.66. The molecule has 0 amide bonds. The van der Waals surface area contributed by atoms with E-state index in [0.29, 0.717) is 0 Å². The lowest BCUT2D eigenvalue weighted by atomic mass is 9.84. The lowest BCUT2D eigenvalue weighted by Gasteiger charge is -2.22. The average Bonchev–Trinajstić information content (AvgIpc) is 3.53. The molecule has 1 nitrogen and oxygen atoms in total. The smallest absolute Gasteiger partial charge is 0.0585 e. The monoisotopic (exact) mass is 541 g/mol. The highest BCUT2D eigenvalue weighted by Gasteiger charge is 2.30. The zero-order valence-electron chi connectivity index (χ0n) is 22.5. The van der Waals surface area contributed by atoms with Gasteiger partial charge < -0.3 is 4.57 Å². The summed E-state index contributed by atoms with van der Waals surface area (Å²) in [6.07, 6.45) is 2.12. The molecular weight excluding hydrogens is 515 g/mol. The number of hydrogen-bond donors (Lipinski definition) is 0. The summed E-state index contributed by atoms with van der Waals surface area (Å²) in [7, 11) is 0. The number of rotatable bonds is 2. The predicted octanol–water partition coefficient (Wildman–Crippen LogP) is 10.9. The average molecular weight is 542 g/mol. The van der Waals surface area contributed by atoms with Crippen LogP contribution in [0.4, 0.5) is 0 Å². The number of para-hydroxylation sites is 2. The summed E-state index contributed by atoms with van der Waals surface area (Å²) in [6, 6.07) is 49.5. The summed E-state index contributed by atoms with van der Waals surface area (Å²) < 4.78 is 5.28. The Balaban J connectivity index is 1.46. The predicted molar refractivity (Wildman–Crippen MR) is 176 cm³/mol. The molecule has 1 aliphatic rings. The minimum absolute atomic E-state index is 0.286. The maximum absolute atomic E-state index is 2.52. The lowest BCUT2D eigenvalue weighted by Crippen LogP contribution is -2.06. The van der Waals surface area contributed by atoms with Gasteiger partial charge in [0.1, 0.15) is 0 Å². The molecule has 1 unspecified atom stereocenters. The van der Waals surface area contributed by atoms with Gasteiger partial charge in [-0.3, -0.25) is 0 Å². The van der Waals surface area contributed by atoms with E-state index >= 15 is 0 Å². The Morgan fingerprint density at radius 3 is 2.12 bits per heavy atom. The van der Waals surface area contributed by atoms with Crippen LogP contribution in [-0.2, 0) is 6.42 Å². The van der Waals surface area contributed by atoms with Gasteiger partial charge in [-0.1, -0.05) is 103 Å². The van der Waals surface area contributed by atoms with Gasteiger partial charge in [0, 0.05) is 42.6 Å². The molecule has 0 spiro atoms. The molecule has 2 heteroatoms. The van der Waals surface area contributed by atoms with Gasteiger partial charge in [-0.2, -0.15) is 0 Å². The van der Waals surface area contributed by atoms with E-state index in [1.807, 2.05) is 11.3 Å². The molecule has 0 saturated heterocycles. The van der Waals surface area contributed by atoms with Gasteiger partial charge in [0.15, 0.2) is 0 Å². The molecule has 0 radical (unpaired) electrons. The first kappa shape index (κ1) is 23.1. The van der Waals surface area contributed by atoms with E-state index in [1.165, 1.54) is 75.5 Å². The van der Waals surface area contributed by atoms with Crippen molar-refractivity contribution in [1.29, 1.82) is 0 Å². The molecule has 9 rings (SSSR count). The van der Waals surface area contributed by atoms with E-state index in [1.54, 1.807) is 0 Å². The zero-order valence-corrected chi connectivity index (χ0v) is 23.4. The summed E-state index contributed by atoms with van der Waals surface area (Å²) in [5.74, 6) is 0.286. The van der Waals surface area contributed by atoms with Gasteiger partial charge in [-0.15, -0.1) is 11.3 Å². The Morgan fingerprint density at radius 1 is 0.561 bits per heavy atom. The van der Waals surface area contributed by atoms with Crippen LogP contribution in [-0.4, -0.2) is 4.57 Å². The summed E-state index contributed by atoms with van der Waals surface area (Å²) in [5.41, 5.74) is 10.9. The van der Waals surface area contributed by atoms with Gasteiger partial charge in [-0.05, 0) is 71.0 Å². The molecule has 8 aromatic rings. The Labute approximate surface area is 242 Å². The summed E-state index contributed by atoms with van der Waals surface area (Å²) in [5, 5.41) is 5.48. The fourth-order valence-corrected chi connectivity index (χ4v) is 8.50. The molecule has 2 aromatic heterocycles. The third-order valence-corrected chi connectivity index (χ3v) is 10.2. The topological polar surface area (TPSA) is 4.93 Å². The number of hydrogen-bond acceptors (Lipinski definition) is 1. The summed E-state index contributed by atoms with van der Waals surface area (Å²) in [4.78, 5) is 0. The van der Waals surface area contributed by atoms with E-state index in [-0.39, 0.29) is 5.92 Å². The van der Waals surface area contributed by atoms with Crippen LogP contribution < -0.4 is 0 Å². The number of aromatic nitrogens is 1. The van der Waals surface area contributed by atoms with E-state index < -0.39 is 0 Å². The minimum Gasteiger partial charge on any atom is -0.309 e. The van der Waals surface area contributed by atoms with Crippen LogP contribution in [0.1, 0.15) is 29.0 Å². The minimum atomic E-state index is 0.286. The second kappa shape index (κ2) is 8.92. The Kier molecular flexibility index (Phi) is 5.02.